The van der Waals surface area contributed by atoms with Gasteiger partial charge in [0, 0.05) is 18.9 Å². The van der Waals surface area contributed by atoms with Gasteiger partial charge in [-0.25, -0.2) is 0 Å². The molecular weight excluding hydrogens is 152 g/mol. The Morgan fingerprint density at radius 3 is 2.75 bits per heavy atom. The van der Waals surface area contributed by atoms with Gasteiger partial charge in [-0.15, -0.1) is 0 Å². The molecule has 1 aliphatic rings. The maximum absolute atomic E-state index is 11.3. The van der Waals surface area contributed by atoms with Crippen LogP contribution in [-0.4, -0.2) is 18.0 Å². The van der Waals surface area contributed by atoms with Crippen molar-refractivity contribution in [3.05, 3.63) is 0 Å². The van der Waals surface area contributed by atoms with E-state index in [-0.39, 0.29) is 22.8 Å². The van der Waals surface area contributed by atoms with E-state index in [1.54, 1.807) is 0 Å². The van der Waals surface area contributed by atoms with Gasteiger partial charge in [0.05, 0.1) is 5.71 Å². The maximum atomic E-state index is 11.3. The van der Waals surface area contributed by atoms with Gasteiger partial charge in [-0.1, -0.05) is 13.8 Å². The van der Waals surface area contributed by atoms with Crippen LogP contribution in [0.15, 0.2) is 0 Å². The molecule has 1 fully saturated rings. The summed E-state index contributed by atoms with van der Waals surface area (Å²) in [5.41, 5.74) is 5.75. The lowest BCUT2D eigenvalue weighted by Gasteiger charge is -2.33. The Hall–Kier alpha value is -0.700. The van der Waals surface area contributed by atoms with Crippen molar-refractivity contribution in [3.63, 3.8) is 0 Å². The maximum Gasteiger partial charge on any atom is 0.177 e. The summed E-state index contributed by atoms with van der Waals surface area (Å²) < 4.78 is 0. The normalized spacial score (nSPS) is 29.1. The number of ketones is 1. The molecule has 12 heavy (non-hydrogen) atoms. The minimum Gasteiger partial charge on any atom is -0.330 e. The molecule has 1 saturated carbocycles. The van der Waals surface area contributed by atoms with Gasteiger partial charge in [0.2, 0.25) is 0 Å². The highest BCUT2D eigenvalue weighted by molar-refractivity contribution is 6.40. The molecule has 3 nitrogen and oxygen atoms in total. The third-order valence-electron chi connectivity index (χ3n) is 2.43. The van der Waals surface area contributed by atoms with Crippen molar-refractivity contribution in [2.24, 2.45) is 17.1 Å². The van der Waals surface area contributed by atoms with Crippen LogP contribution in [0.5, 0.6) is 0 Å². The first-order chi connectivity index (χ1) is 5.46. The number of nitrogens with two attached hydrogens (primary N) is 1. The Morgan fingerprint density at radius 2 is 2.25 bits per heavy atom. The summed E-state index contributed by atoms with van der Waals surface area (Å²) >= 11 is 0. The summed E-state index contributed by atoms with van der Waals surface area (Å²) in [4.78, 5) is 11.3. The van der Waals surface area contributed by atoms with Gasteiger partial charge in [-0.2, -0.15) is 0 Å². The predicted molar refractivity (Wildman–Crippen MR) is 48.3 cm³/mol. The molecule has 1 atom stereocenters. The summed E-state index contributed by atoms with van der Waals surface area (Å²) in [6.07, 6.45) is 1.37. The number of carbonyl (C=O) groups excluding carboxylic acids is 1. The summed E-state index contributed by atoms with van der Waals surface area (Å²) in [5, 5.41) is 7.50. The molecule has 1 aliphatic carbocycles. The lowest BCUT2D eigenvalue weighted by atomic mass is 9.71. The molecule has 0 radical (unpaired) electrons. The molecule has 1 rings (SSSR count). The summed E-state index contributed by atoms with van der Waals surface area (Å²) in [6.45, 7) is 4.54. The van der Waals surface area contributed by atoms with Gasteiger partial charge in [0.1, 0.15) is 0 Å². The van der Waals surface area contributed by atoms with Gasteiger partial charge in [-0.3, -0.25) is 4.79 Å². The second kappa shape index (κ2) is 2.98. The van der Waals surface area contributed by atoms with Crippen LogP contribution in [0.1, 0.15) is 26.7 Å². The molecule has 0 aromatic heterocycles. The average Bonchev–Trinajstić information content (AvgIpc) is 1.96. The Kier molecular flexibility index (Phi) is 2.33. The van der Waals surface area contributed by atoms with E-state index in [1.807, 2.05) is 0 Å². The van der Waals surface area contributed by atoms with E-state index in [2.05, 4.69) is 13.8 Å². The molecule has 0 amide bonds. The van der Waals surface area contributed by atoms with Crippen molar-refractivity contribution >= 4 is 11.5 Å². The fourth-order valence-electron chi connectivity index (χ4n) is 1.80. The van der Waals surface area contributed by atoms with E-state index in [9.17, 15) is 4.79 Å². The molecule has 0 saturated heterocycles. The van der Waals surface area contributed by atoms with Crippen molar-refractivity contribution in [1.82, 2.24) is 0 Å². The molecule has 0 spiro atoms. The average molecular weight is 168 g/mol. The zero-order valence-corrected chi connectivity index (χ0v) is 7.68. The molecule has 3 N–H and O–H groups in total. The number of carbonyl (C=O) groups is 1. The standard InChI is InChI=1S/C9H16N2O/c1-9(2)3-6(5-10)8(11)7(12)4-9/h6,11H,3-5,10H2,1-2H3. The van der Waals surface area contributed by atoms with Crippen LogP contribution in [0.2, 0.25) is 0 Å². The Morgan fingerprint density at radius 1 is 1.67 bits per heavy atom. The predicted octanol–water partition coefficient (Wildman–Crippen LogP) is 0.970. The van der Waals surface area contributed by atoms with E-state index < -0.39 is 0 Å². The molecule has 0 bridgehead atoms. The van der Waals surface area contributed by atoms with Crippen LogP contribution in [0.25, 0.3) is 0 Å². The summed E-state index contributed by atoms with van der Waals surface area (Å²) in [5.74, 6) is -0.0389. The van der Waals surface area contributed by atoms with Crippen molar-refractivity contribution < 1.29 is 4.79 Å². The summed E-state index contributed by atoms with van der Waals surface area (Å²) in [6, 6.07) is 0. The highest BCUT2D eigenvalue weighted by atomic mass is 16.1. The van der Waals surface area contributed by atoms with Crippen LogP contribution in [-0.2, 0) is 4.79 Å². The van der Waals surface area contributed by atoms with Crippen LogP contribution >= 0.6 is 0 Å². The van der Waals surface area contributed by atoms with Gasteiger partial charge >= 0.3 is 0 Å². The zero-order chi connectivity index (χ0) is 9.35. The molecule has 1 unspecified atom stereocenters. The van der Waals surface area contributed by atoms with Gasteiger partial charge in [0.15, 0.2) is 5.78 Å². The molecule has 0 heterocycles. The Labute approximate surface area is 72.8 Å². The second-order valence-electron chi connectivity index (χ2n) is 4.31. The first-order valence-corrected chi connectivity index (χ1v) is 4.28. The lowest BCUT2D eigenvalue weighted by Crippen LogP contribution is -2.40. The second-order valence-corrected chi connectivity index (χ2v) is 4.31. The smallest absolute Gasteiger partial charge is 0.177 e. The molecule has 0 aromatic carbocycles. The first kappa shape index (κ1) is 9.39. The van der Waals surface area contributed by atoms with E-state index in [0.29, 0.717) is 13.0 Å². The molecule has 0 aliphatic heterocycles. The quantitative estimate of drug-likeness (QED) is 0.612. The van der Waals surface area contributed by atoms with Crippen molar-refractivity contribution in [1.29, 1.82) is 5.41 Å². The van der Waals surface area contributed by atoms with E-state index >= 15 is 0 Å². The SMILES string of the molecule is CC1(C)CC(=O)C(=N)C(CN)C1. The number of rotatable bonds is 1. The fourth-order valence-corrected chi connectivity index (χ4v) is 1.80. The van der Waals surface area contributed by atoms with Crippen molar-refractivity contribution in [2.45, 2.75) is 26.7 Å². The van der Waals surface area contributed by atoms with Crippen molar-refractivity contribution in [3.8, 4) is 0 Å². The number of nitrogens with one attached hydrogen (secondary N) is 1. The lowest BCUT2D eigenvalue weighted by molar-refractivity contribution is -0.116. The van der Waals surface area contributed by atoms with Crippen LogP contribution in [0.3, 0.4) is 0 Å². The monoisotopic (exact) mass is 168 g/mol. The van der Waals surface area contributed by atoms with Gasteiger partial charge in [0.25, 0.3) is 0 Å². The minimum absolute atomic E-state index is 0.0127. The third-order valence-corrected chi connectivity index (χ3v) is 2.43. The highest BCUT2D eigenvalue weighted by Gasteiger charge is 2.35. The number of Topliss-reactive ketones (excluding diaryl/α,β-unsaturated/α-hetero) is 1. The van der Waals surface area contributed by atoms with E-state index in [4.69, 9.17) is 11.1 Å². The van der Waals surface area contributed by atoms with Crippen LogP contribution < -0.4 is 5.73 Å². The fraction of sp³-hybridized carbons (Fsp3) is 0.778. The largest absolute Gasteiger partial charge is 0.330 e. The van der Waals surface area contributed by atoms with Crippen LogP contribution in [0.4, 0.5) is 0 Å². The molecule has 3 heteroatoms. The zero-order valence-electron chi connectivity index (χ0n) is 7.68. The van der Waals surface area contributed by atoms with Crippen LogP contribution in [0, 0.1) is 16.7 Å². The third kappa shape index (κ3) is 1.72. The molecular formula is C9H16N2O. The topological polar surface area (TPSA) is 66.9 Å². The number of hydrogen-bond donors (Lipinski definition) is 2. The Balaban J connectivity index is 2.78. The van der Waals surface area contributed by atoms with Gasteiger partial charge in [-0.05, 0) is 11.8 Å². The van der Waals surface area contributed by atoms with Crippen molar-refractivity contribution in [2.75, 3.05) is 6.54 Å². The van der Waals surface area contributed by atoms with E-state index in [0.717, 1.165) is 6.42 Å². The van der Waals surface area contributed by atoms with E-state index in [1.165, 1.54) is 0 Å². The first-order valence-electron chi connectivity index (χ1n) is 4.28. The number of hydrogen-bond acceptors (Lipinski definition) is 3. The molecule has 68 valence electrons. The van der Waals surface area contributed by atoms with Gasteiger partial charge < -0.3 is 11.1 Å². The minimum atomic E-state index is -0.0262. The Bertz CT molecular complexity index is 221. The highest BCUT2D eigenvalue weighted by Crippen LogP contribution is 2.34. The molecule has 0 aromatic rings. The summed E-state index contributed by atoms with van der Waals surface area (Å²) in [7, 11) is 0.